The first-order valence-electron chi connectivity index (χ1n) is 9.91. The molecule has 0 aliphatic carbocycles. The van der Waals surface area contributed by atoms with Crippen molar-refractivity contribution in [2.75, 3.05) is 27.2 Å². The van der Waals surface area contributed by atoms with E-state index in [1.165, 1.54) is 0 Å². The highest BCUT2D eigenvalue weighted by molar-refractivity contribution is 5.95. The fraction of sp³-hybridized carbons (Fsp3) is 0.684. The van der Waals surface area contributed by atoms with Crippen LogP contribution in [0, 0.1) is 0 Å². The van der Waals surface area contributed by atoms with Crippen LogP contribution in [0.5, 0.6) is 0 Å². The summed E-state index contributed by atoms with van der Waals surface area (Å²) >= 11 is 0. The van der Waals surface area contributed by atoms with Crippen molar-refractivity contribution in [2.45, 2.75) is 51.1 Å². The van der Waals surface area contributed by atoms with E-state index in [0.717, 1.165) is 81.2 Å². The van der Waals surface area contributed by atoms with Crippen LogP contribution >= 0.6 is 0 Å². The van der Waals surface area contributed by atoms with Crippen LogP contribution in [0.25, 0.3) is 0 Å². The highest BCUT2D eigenvalue weighted by Crippen LogP contribution is 2.28. The first-order valence-corrected chi connectivity index (χ1v) is 9.91. The molecule has 4 rings (SSSR count). The van der Waals surface area contributed by atoms with Gasteiger partial charge in [-0.05, 0) is 46.2 Å². The fourth-order valence-corrected chi connectivity index (χ4v) is 4.26. The molecule has 4 heterocycles. The predicted octanol–water partition coefficient (Wildman–Crippen LogP) is 1.43. The SMILES string of the molecule is CN(C)Cc1nnc(C2CCN(C(=O)c3cnn4c3CCCC4)CC2)n1C. The van der Waals surface area contributed by atoms with E-state index in [1.54, 1.807) is 6.20 Å². The van der Waals surface area contributed by atoms with Crippen LogP contribution in [0.4, 0.5) is 0 Å². The van der Waals surface area contributed by atoms with Gasteiger partial charge in [-0.15, -0.1) is 10.2 Å². The van der Waals surface area contributed by atoms with Crippen LogP contribution in [0.2, 0.25) is 0 Å². The molecule has 2 aliphatic rings. The van der Waals surface area contributed by atoms with Crippen molar-refractivity contribution in [3.05, 3.63) is 29.1 Å². The van der Waals surface area contributed by atoms with Crippen LogP contribution in [0.15, 0.2) is 6.20 Å². The zero-order valence-corrected chi connectivity index (χ0v) is 16.6. The van der Waals surface area contributed by atoms with Crippen molar-refractivity contribution in [2.24, 2.45) is 7.05 Å². The molecule has 8 heteroatoms. The summed E-state index contributed by atoms with van der Waals surface area (Å²) in [6.45, 7) is 3.26. The number of carbonyl (C=O) groups is 1. The molecule has 0 spiro atoms. The zero-order chi connectivity index (χ0) is 19.0. The molecule has 0 N–H and O–H groups in total. The first-order chi connectivity index (χ1) is 13.0. The zero-order valence-electron chi connectivity index (χ0n) is 16.6. The Morgan fingerprint density at radius 3 is 2.70 bits per heavy atom. The Labute approximate surface area is 160 Å². The molecule has 1 saturated heterocycles. The molecule has 146 valence electrons. The molecule has 27 heavy (non-hydrogen) atoms. The van der Waals surface area contributed by atoms with Gasteiger partial charge in [0.15, 0.2) is 0 Å². The monoisotopic (exact) mass is 371 g/mol. The smallest absolute Gasteiger partial charge is 0.257 e. The summed E-state index contributed by atoms with van der Waals surface area (Å²) in [6.07, 6.45) is 6.90. The van der Waals surface area contributed by atoms with Crippen LogP contribution in [0.1, 0.15) is 59.3 Å². The molecular weight excluding hydrogens is 342 g/mol. The van der Waals surface area contributed by atoms with E-state index < -0.39 is 0 Å². The lowest BCUT2D eigenvalue weighted by Gasteiger charge is -2.31. The van der Waals surface area contributed by atoms with Crippen molar-refractivity contribution in [1.29, 1.82) is 0 Å². The largest absolute Gasteiger partial charge is 0.338 e. The van der Waals surface area contributed by atoms with E-state index in [9.17, 15) is 4.79 Å². The molecule has 1 amide bonds. The Bertz CT molecular complexity index is 814. The maximum Gasteiger partial charge on any atom is 0.257 e. The Kier molecular flexibility index (Phi) is 4.99. The molecule has 2 aromatic rings. The molecule has 0 saturated carbocycles. The summed E-state index contributed by atoms with van der Waals surface area (Å²) < 4.78 is 4.13. The number of carbonyl (C=O) groups excluding carboxylic acids is 1. The Balaban J connectivity index is 1.41. The number of piperidine rings is 1. The lowest BCUT2D eigenvalue weighted by atomic mass is 9.95. The van der Waals surface area contributed by atoms with Crippen LogP contribution in [-0.2, 0) is 26.6 Å². The minimum Gasteiger partial charge on any atom is -0.338 e. The van der Waals surface area contributed by atoms with Crippen molar-refractivity contribution >= 4 is 5.91 Å². The van der Waals surface area contributed by atoms with Crippen LogP contribution in [-0.4, -0.2) is 67.4 Å². The summed E-state index contributed by atoms with van der Waals surface area (Å²) in [5, 5.41) is 13.2. The number of nitrogens with zero attached hydrogens (tertiary/aromatic N) is 7. The van der Waals surface area contributed by atoms with Gasteiger partial charge in [-0.25, -0.2) is 0 Å². The molecule has 1 fully saturated rings. The van der Waals surface area contributed by atoms with Gasteiger partial charge in [0.25, 0.3) is 5.91 Å². The summed E-state index contributed by atoms with van der Waals surface area (Å²) in [6, 6.07) is 0. The minimum atomic E-state index is 0.142. The van der Waals surface area contributed by atoms with E-state index >= 15 is 0 Å². The highest BCUT2D eigenvalue weighted by Gasteiger charge is 2.30. The van der Waals surface area contributed by atoms with Gasteiger partial charge in [0.1, 0.15) is 11.6 Å². The molecule has 2 aliphatic heterocycles. The van der Waals surface area contributed by atoms with Gasteiger partial charge < -0.3 is 14.4 Å². The first kappa shape index (κ1) is 18.2. The van der Waals surface area contributed by atoms with E-state index in [4.69, 9.17) is 0 Å². The third kappa shape index (κ3) is 3.50. The van der Waals surface area contributed by atoms with Gasteiger partial charge in [-0.2, -0.15) is 5.10 Å². The Morgan fingerprint density at radius 2 is 1.96 bits per heavy atom. The van der Waals surface area contributed by atoms with Crippen molar-refractivity contribution < 1.29 is 4.79 Å². The van der Waals surface area contributed by atoms with Crippen molar-refractivity contribution in [1.82, 2.24) is 34.3 Å². The fourth-order valence-electron chi connectivity index (χ4n) is 4.26. The number of amides is 1. The van der Waals surface area contributed by atoms with E-state index in [1.807, 2.05) is 30.7 Å². The number of hydrogen-bond acceptors (Lipinski definition) is 5. The van der Waals surface area contributed by atoms with Crippen LogP contribution < -0.4 is 0 Å². The highest BCUT2D eigenvalue weighted by atomic mass is 16.2. The second kappa shape index (κ2) is 7.42. The second-order valence-electron chi connectivity index (χ2n) is 8.02. The minimum absolute atomic E-state index is 0.142. The number of rotatable bonds is 4. The predicted molar refractivity (Wildman–Crippen MR) is 101 cm³/mol. The third-order valence-electron chi connectivity index (χ3n) is 5.82. The molecular formula is C19H29N7O. The van der Waals surface area contributed by atoms with Crippen molar-refractivity contribution in [3.63, 3.8) is 0 Å². The quantitative estimate of drug-likeness (QED) is 0.813. The maximum atomic E-state index is 13.0. The van der Waals surface area contributed by atoms with Gasteiger partial charge in [-0.1, -0.05) is 0 Å². The van der Waals surface area contributed by atoms with E-state index in [2.05, 4.69) is 24.8 Å². The molecule has 0 atom stereocenters. The van der Waals surface area contributed by atoms with E-state index in [0.29, 0.717) is 5.92 Å². The van der Waals surface area contributed by atoms with Gasteiger partial charge in [0.05, 0.1) is 24.0 Å². The van der Waals surface area contributed by atoms with Crippen molar-refractivity contribution in [3.8, 4) is 0 Å². The Hall–Kier alpha value is -2.22. The van der Waals surface area contributed by atoms with Gasteiger partial charge >= 0.3 is 0 Å². The number of fused-ring (bicyclic) bond motifs is 1. The second-order valence-corrected chi connectivity index (χ2v) is 8.02. The van der Waals surface area contributed by atoms with Gasteiger partial charge in [0, 0.05) is 32.6 Å². The molecule has 8 nitrogen and oxygen atoms in total. The van der Waals surface area contributed by atoms with Crippen LogP contribution in [0.3, 0.4) is 0 Å². The number of hydrogen-bond donors (Lipinski definition) is 0. The number of likely N-dealkylation sites (tertiary alicyclic amines) is 1. The van der Waals surface area contributed by atoms with Gasteiger partial charge in [0.2, 0.25) is 0 Å². The lowest BCUT2D eigenvalue weighted by molar-refractivity contribution is 0.0708. The molecule has 0 radical (unpaired) electrons. The summed E-state index contributed by atoms with van der Waals surface area (Å²) in [4.78, 5) is 17.1. The average Bonchev–Trinajstić information content (AvgIpc) is 3.25. The summed E-state index contributed by atoms with van der Waals surface area (Å²) in [7, 11) is 6.12. The molecule has 0 unspecified atom stereocenters. The molecule has 0 bridgehead atoms. The van der Waals surface area contributed by atoms with E-state index in [-0.39, 0.29) is 5.91 Å². The standard InChI is InChI=1S/C19H29N7O/c1-23(2)13-17-21-22-18(24(17)3)14-7-10-25(11-8-14)19(27)15-12-20-26-9-5-4-6-16(15)26/h12,14H,4-11,13H2,1-3H3. The topological polar surface area (TPSA) is 72.1 Å². The number of aryl methyl sites for hydroxylation is 1. The summed E-state index contributed by atoms with van der Waals surface area (Å²) in [5.74, 6) is 2.54. The third-order valence-corrected chi connectivity index (χ3v) is 5.82. The van der Waals surface area contributed by atoms with Gasteiger partial charge in [-0.3, -0.25) is 9.48 Å². The maximum absolute atomic E-state index is 13.0. The summed E-state index contributed by atoms with van der Waals surface area (Å²) in [5.41, 5.74) is 1.93. The normalized spacial score (nSPS) is 18.1. The Morgan fingerprint density at radius 1 is 1.19 bits per heavy atom. The molecule has 0 aromatic carbocycles. The lowest BCUT2D eigenvalue weighted by Crippen LogP contribution is -2.38. The average molecular weight is 371 g/mol. The number of aromatic nitrogens is 5. The molecule has 2 aromatic heterocycles.